The van der Waals surface area contributed by atoms with Crippen LogP contribution in [0, 0.1) is 5.92 Å². The van der Waals surface area contributed by atoms with Crippen LogP contribution in [-0.2, 0) is 12.3 Å². The summed E-state index contributed by atoms with van der Waals surface area (Å²) in [6.07, 6.45) is 1.96. The van der Waals surface area contributed by atoms with Crippen molar-refractivity contribution in [3.8, 4) is 0 Å². The Balaban J connectivity index is 2.23. The number of alkyl halides is 2. The van der Waals surface area contributed by atoms with E-state index < -0.39 is 11.8 Å². The molecule has 1 aromatic rings. The SMILES string of the molecule is NCCc1cccc(C(F)(F)C2CC2)c1. The molecule has 82 valence electrons. The van der Waals surface area contributed by atoms with E-state index in [1.807, 2.05) is 6.07 Å². The maximum Gasteiger partial charge on any atom is 0.276 e. The molecule has 1 saturated carbocycles. The van der Waals surface area contributed by atoms with Crippen LogP contribution in [-0.4, -0.2) is 6.54 Å². The van der Waals surface area contributed by atoms with Gasteiger partial charge < -0.3 is 5.73 Å². The van der Waals surface area contributed by atoms with Gasteiger partial charge in [0.2, 0.25) is 0 Å². The van der Waals surface area contributed by atoms with E-state index in [0.717, 1.165) is 5.56 Å². The van der Waals surface area contributed by atoms with Gasteiger partial charge in [-0.05, 0) is 37.4 Å². The molecule has 1 aliphatic rings. The van der Waals surface area contributed by atoms with E-state index in [9.17, 15) is 8.78 Å². The fourth-order valence-corrected chi connectivity index (χ4v) is 1.78. The van der Waals surface area contributed by atoms with Crippen LogP contribution in [0.1, 0.15) is 24.0 Å². The van der Waals surface area contributed by atoms with Gasteiger partial charge in [0.1, 0.15) is 0 Å². The number of benzene rings is 1. The minimum Gasteiger partial charge on any atom is -0.330 e. The lowest BCUT2D eigenvalue weighted by atomic mass is 10.0. The number of nitrogens with two attached hydrogens (primary N) is 1. The quantitative estimate of drug-likeness (QED) is 0.814. The fraction of sp³-hybridized carbons (Fsp3) is 0.500. The van der Waals surface area contributed by atoms with Crippen molar-refractivity contribution in [1.29, 1.82) is 0 Å². The van der Waals surface area contributed by atoms with Gasteiger partial charge in [0.05, 0.1) is 0 Å². The van der Waals surface area contributed by atoms with E-state index in [1.54, 1.807) is 12.1 Å². The largest absolute Gasteiger partial charge is 0.330 e. The van der Waals surface area contributed by atoms with Crippen molar-refractivity contribution in [2.24, 2.45) is 11.7 Å². The highest BCUT2D eigenvalue weighted by Crippen LogP contribution is 2.49. The molecule has 0 bridgehead atoms. The zero-order chi connectivity index (χ0) is 10.9. The van der Waals surface area contributed by atoms with Gasteiger partial charge in [-0.2, -0.15) is 0 Å². The topological polar surface area (TPSA) is 26.0 Å². The second kappa shape index (κ2) is 3.89. The van der Waals surface area contributed by atoms with Crippen molar-refractivity contribution < 1.29 is 8.78 Å². The van der Waals surface area contributed by atoms with Crippen LogP contribution in [0.15, 0.2) is 24.3 Å². The van der Waals surface area contributed by atoms with E-state index in [-0.39, 0.29) is 5.56 Å². The van der Waals surface area contributed by atoms with Crippen molar-refractivity contribution in [3.05, 3.63) is 35.4 Å². The second-order valence-electron chi connectivity index (χ2n) is 4.14. The molecule has 0 aromatic heterocycles. The third-order valence-corrected chi connectivity index (χ3v) is 2.83. The van der Waals surface area contributed by atoms with Crippen LogP contribution < -0.4 is 5.73 Å². The first kappa shape index (κ1) is 10.6. The van der Waals surface area contributed by atoms with Crippen LogP contribution in [0.5, 0.6) is 0 Å². The molecule has 0 atom stereocenters. The molecular weight excluding hydrogens is 196 g/mol. The van der Waals surface area contributed by atoms with Crippen molar-refractivity contribution >= 4 is 0 Å². The molecule has 1 fully saturated rings. The van der Waals surface area contributed by atoms with E-state index in [0.29, 0.717) is 25.8 Å². The second-order valence-corrected chi connectivity index (χ2v) is 4.14. The molecule has 1 nitrogen and oxygen atoms in total. The minimum atomic E-state index is -2.65. The number of hydrogen-bond donors (Lipinski definition) is 1. The lowest BCUT2D eigenvalue weighted by Crippen LogP contribution is -2.16. The van der Waals surface area contributed by atoms with Crippen molar-refractivity contribution in [3.63, 3.8) is 0 Å². The van der Waals surface area contributed by atoms with Crippen molar-refractivity contribution in [2.75, 3.05) is 6.54 Å². The molecule has 2 N–H and O–H groups in total. The summed E-state index contributed by atoms with van der Waals surface area (Å²) >= 11 is 0. The maximum absolute atomic E-state index is 13.7. The summed E-state index contributed by atoms with van der Waals surface area (Å²) in [7, 11) is 0. The summed E-state index contributed by atoms with van der Waals surface area (Å²) in [5.74, 6) is -3.09. The Hall–Kier alpha value is -0.960. The molecule has 2 rings (SSSR count). The van der Waals surface area contributed by atoms with Gasteiger partial charge >= 0.3 is 0 Å². The Morgan fingerprint density at radius 3 is 2.67 bits per heavy atom. The molecule has 0 unspecified atom stereocenters. The standard InChI is InChI=1S/C12H15F2N/c13-12(14,10-4-5-10)11-3-1-2-9(8-11)6-7-15/h1-3,8,10H,4-7,15H2. The van der Waals surface area contributed by atoms with Gasteiger partial charge in [-0.3, -0.25) is 0 Å². The smallest absolute Gasteiger partial charge is 0.276 e. The van der Waals surface area contributed by atoms with Crippen LogP contribution in [0.2, 0.25) is 0 Å². The Morgan fingerprint density at radius 2 is 2.07 bits per heavy atom. The number of rotatable bonds is 4. The molecular formula is C12H15F2N. The molecule has 3 heteroatoms. The predicted octanol–water partition coefficient (Wildman–Crippen LogP) is 2.69. The first-order chi connectivity index (χ1) is 7.14. The fourth-order valence-electron chi connectivity index (χ4n) is 1.78. The van der Waals surface area contributed by atoms with Crippen LogP contribution in [0.4, 0.5) is 8.78 Å². The molecule has 1 aromatic carbocycles. The summed E-state index contributed by atoms with van der Waals surface area (Å²) in [6, 6.07) is 6.64. The van der Waals surface area contributed by atoms with Gasteiger partial charge in [0, 0.05) is 11.5 Å². The van der Waals surface area contributed by atoms with E-state index in [2.05, 4.69) is 0 Å². The van der Waals surface area contributed by atoms with Crippen LogP contribution in [0.3, 0.4) is 0 Å². The highest BCUT2D eigenvalue weighted by atomic mass is 19.3. The molecule has 15 heavy (non-hydrogen) atoms. The summed E-state index contributed by atoms with van der Waals surface area (Å²) < 4.78 is 27.5. The zero-order valence-electron chi connectivity index (χ0n) is 8.55. The maximum atomic E-state index is 13.7. The minimum absolute atomic E-state index is 0.149. The Bertz CT molecular complexity index is 345. The Morgan fingerprint density at radius 1 is 1.33 bits per heavy atom. The summed E-state index contributed by atoms with van der Waals surface area (Å²) in [5, 5.41) is 0. The molecule has 0 spiro atoms. The highest BCUT2D eigenvalue weighted by Gasteiger charge is 2.47. The molecule has 1 aliphatic carbocycles. The molecule has 0 aliphatic heterocycles. The van der Waals surface area contributed by atoms with E-state index in [4.69, 9.17) is 5.73 Å². The van der Waals surface area contributed by atoms with Crippen LogP contribution >= 0.6 is 0 Å². The number of hydrogen-bond acceptors (Lipinski definition) is 1. The third-order valence-electron chi connectivity index (χ3n) is 2.83. The lowest BCUT2D eigenvalue weighted by Gasteiger charge is -2.16. The Kier molecular flexibility index (Phi) is 2.74. The van der Waals surface area contributed by atoms with Gasteiger partial charge in [-0.15, -0.1) is 0 Å². The van der Waals surface area contributed by atoms with Gasteiger partial charge in [-0.25, -0.2) is 8.78 Å². The van der Waals surface area contributed by atoms with Gasteiger partial charge in [-0.1, -0.05) is 18.2 Å². The third kappa shape index (κ3) is 2.17. The summed E-state index contributed by atoms with van der Waals surface area (Å²) in [6.45, 7) is 0.498. The summed E-state index contributed by atoms with van der Waals surface area (Å²) in [5.41, 5.74) is 6.45. The van der Waals surface area contributed by atoms with E-state index >= 15 is 0 Å². The number of halogens is 2. The molecule has 0 radical (unpaired) electrons. The van der Waals surface area contributed by atoms with Gasteiger partial charge in [0.25, 0.3) is 5.92 Å². The van der Waals surface area contributed by atoms with E-state index in [1.165, 1.54) is 6.07 Å². The average Bonchev–Trinajstić information content (AvgIpc) is 3.02. The molecule has 0 amide bonds. The monoisotopic (exact) mass is 211 g/mol. The summed E-state index contributed by atoms with van der Waals surface area (Å²) in [4.78, 5) is 0. The zero-order valence-corrected chi connectivity index (χ0v) is 8.55. The average molecular weight is 211 g/mol. The highest BCUT2D eigenvalue weighted by molar-refractivity contribution is 5.28. The predicted molar refractivity (Wildman–Crippen MR) is 55.8 cm³/mol. The van der Waals surface area contributed by atoms with Crippen molar-refractivity contribution in [1.82, 2.24) is 0 Å². The first-order valence-corrected chi connectivity index (χ1v) is 5.32. The van der Waals surface area contributed by atoms with Crippen LogP contribution in [0.25, 0.3) is 0 Å². The lowest BCUT2D eigenvalue weighted by molar-refractivity contribution is -0.0286. The van der Waals surface area contributed by atoms with Crippen molar-refractivity contribution in [2.45, 2.75) is 25.2 Å². The normalized spacial score (nSPS) is 16.7. The molecule has 0 heterocycles. The first-order valence-electron chi connectivity index (χ1n) is 5.32. The Labute approximate surface area is 88.3 Å². The van der Waals surface area contributed by atoms with Gasteiger partial charge in [0.15, 0.2) is 0 Å². The molecule has 0 saturated heterocycles.